The van der Waals surface area contributed by atoms with Crippen LogP contribution in [0.1, 0.15) is 16.5 Å². The first-order valence-electron chi connectivity index (χ1n) is 10.5. The largest absolute Gasteiger partial charge is 0.379 e. The highest BCUT2D eigenvalue weighted by Crippen LogP contribution is 2.25. The maximum Gasteiger partial charge on any atom is 0.317 e. The minimum Gasteiger partial charge on any atom is -0.379 e. The molecule has 4 rings (SSSR count). The first-order valence-corrected chi connectivity index (χ1v) is 11.8. The van der Waals surface area contributed by atoms with Crippen molar-refractivity contribution in [3.63, 3.8) is 0 Å². The molecule has 162 valence electrons. The molecule has 0 spiro atoms. The Morgan fingerprint density at radius 2 is 1.90 bits per heavy atom. The molecule has 2 fully saturated rings. The fourth-order valence-electron chi connectivity index (χ4n) is 4.08. The number of piperazine rings is 1. The molecule has 1 aromatic carbocycles. The number of nitrogens with one attached hydrogen (secondary N) is 1. The second kappa shape index (κ2) is 10.6. The molecule has 0 radical (unpaired) electrons. The molecule has 2 aliphatic rings. The van der Waals surface area contributed by atoms with Gasteiger partial charge in [0.05, 0.1) is 19.3 Å². The van der Waals surface area contributed by atoms with Crippen LogP contribution >= 0.6 is 22.9 Å². The van der Waals surface area contributed by atoms with Crippen molar-refractivity contribution >= 4 is 29.0 Å². The van der Waals surface area contributed by atoms with E-state index in [0.29, 0.717) is 6.54 Å². The van der Waals surface area contributed by atoms with Crippen LogP contribution in [0.4, 0.5) is 4.79 Å². The van der Waals surface area contributed by atoms with Crippen molar-refractivity contribution in [3.8, 4) is 0 Å². The molecule has 0 bridgehead atoms. The highest BCUT2D eigenvalue weighted by atomic mass is 35.5. The van der Waals surface area contributed by atoms with E-state index in [0.717, 1.165) is 64.0 Å². The van der Waals surface area contributed by atoms with E-state index in [2.05, 4.69) is 38.7 Å². The van der Waals surface area contributed by atoms with Gasteiger partial charge in [-0.3, -0.25) is 9.80 Å². The van der Waals surface area contributed by atoms with Crippen molar-refractivity contribution in [1.82, 2.24) is 20.0 Å². The number of carbonyl (C=O) groups excluding carboxylic acids is 1. The summed E-state index contributed by atoms with van der Waals surface area (Å²) in [7, 11) is 0. The molecule has 0 saturated carbocycles. The number of nitrogens with zero attached hydrogens (tertiary/aromatic N) is 3. The van der Waals surface area contributed by atoms with Crippen LogP contribution in [0.2, 0.25) is 5.02 Å². The Bertz CT molecular complexity index is 805. The molecule has 2 saturated heterocycles. The second-order valence-corrected chi connectivity index (χ2v) is 9.17. The summed E-state index contributed by atoms with van der Waals surface area (Å²) < 4.78 is 5.50. The Morgan fingerprint density at radius 1 is 1.10 bits per heavy atom. The fourth-order valence-corrected chi connectivity index (χ4v) is 5.15. The smallest absolute Gasteiger partial charge is 0.317 e. The first-order chi connectivity index (χ1) is 14.7. The first kappa shape index (κ1) is 21.6. The van der Waals surface area contributed by atoms with E-state index in [1.54, 1.807) is 11.3 Å². The average molecular weight is 449 g/mol. The number of hydrogen-bond acceptors (Lipinski definition) is 5. The fraction of sp³-hybridized carbons (Fsp3) is 0.500. The van der Waals surface area contributed by atoms with Gasteiger partial charge in [-0.1, -0.05) is 29.8 Å². The van der Waals surface area contributed by atoms with Gasteiger partial charge in [0, 0.05) is 62.3 Å². The Hall–Kier alpha value is -1.64. The number of urea groups is 1. The number of ether oxygens (including phenoxy) is 1. The lowest BCUT2D eigenvalue weighted by Crippen LogP contribution is -2.52. The Labute approximate surface area is 187 Å². The molecule has 3 heterocycles. The third kappa shape index (κ3) is 5.74. The number of amides is 2. The van der Waals surface area contributed by atoms with E-state index in [-0.39, 0.29) is 12.1 Å². The monoisotopic (exact) mass is 448 g/mol. The summed E-state index contributed by atoms with van der Waals surface area (Å²) in [4.78, 5) is 20.8. The minimum absolute atomic E-state index is 0.0345. The standard InChI is InChI=1S/C22H29ClN4O2S/c23-19-4-1-3-18(15-19)17-25-6-8-27(9-7-25)22(28)24-16-20(21-5-2-14-30-21)26-10-12-29-13-11-26/h1-5,14-15,20H,6-13,16-17H2,(H,24,28). The predicted octanol–water partition coefficient (Wildman–Crippen LogP) is 3.30. The van der Waals surface area contributed by atoms with Gasteiger partial charge in [0.25, 0.3) is 0 Å². The number of carbonyl (C=O) groups is 1. The lowest BCUT2D eigenvalue weighted by atomic mass is 10.2. The summed E-state index contributed by atoms with van der Waals surface area (Å²) in [6.07, 6.45) is 0. The summed E-state index contributed by atoms with van der Waals surface area (Å²) in [5.41, 5.74) is 1.21. The van der Waals surface area contributed by atoms with E-state index in [9.17, 15) is 4.79 Å². The zero-order chi connectivity index (χ0) is 20.8. The van der Waals surface area contributed by atoms with Crippen molar-refractivity contribution in [2.24, 2.45) is 0 Å². The molecule has 6 nitrogen and oxygen atoms in total. The number of benzene rings is 1. The van der Waals surface area contributed by atoms with Gasteiger partial charge in [-0.05, 0) is 29.1 Å². The third-order valence-corrected chi connectivity index (χ3v) is 6.97. The Kier molecular flexibility index (Phi) is 7.62. The molecule has 2 aliphatic heterocycles. The maximum atomic E-state index is 12.8. The minimum atomic E-state index is 0.0345. The SMILES string of the molecule is O=C(NCC(c1cccs1)N1CCOCC1)N1CCN(Cc2cccc(Cl)c2)CC1. The normalized spacial score (nSPS) is 19.6. The molecule has 1 aromatic heterocycles. The van der Waals surface area contributed by atoms with Gasteiger partial charge in [0.2, 0.25) is 0 Å². The Morgan fingerprint density at radius 3 is 2.60 bits per heavy atom. The molecule has 1 N–H and O–H groups in total. The van der Waals surface area contributed by atoms with Crippen LogP contribution in [0.5, 0.6) is 0 Å². The number of rotatable bonds is 6. The number of morpholine rings is 1. The van der Waals surface area contributed by atoms with Gasteiger partial charge in [-0.2, -0.15) is 0 Å². The summed E-state index contributed by atoms with van der Waals surface area (Å²) in [5.74, 6) is 0. The molecule has 8 heteroatoms. The van der Waals surface area contributed by atoms with Crippen molar-refractivity contribution in [1.29, 1.82) is 0 Å². The van der Waals surface area contributed by atoms with Crippen molar-refractivity contribution in [3.05, 3.63) is 57.2 Å². The van der Waals surface area contributed by atoms with Crippen molar-refractivity contribution in [2.45, 2.75) is 12.6 Å². The molecule has 1 atom stereocenters. The molecule has 2 amide bonds. The number of thiophene rings is 1. The van der Waals surface area contributed by atoms with Crippen LogP contribution in [0.25, 0.3) is 0 Å². The lowest BCUT2D eigenvalue weighted by molar-refractivity contribution is 0.0170. The van der Waals surface area contributed by atoms with E-state index < -0.39 is 0 Å². The van der Waals surface area contributed by atoms with Crippen LogP contribution in [0, 0.1) is 0 Å². The van der Waals surface area contributed by atoms with Gasteiger partial charge >= 0.3 is 6.03 Å². The molecule has 2 aromatic rings. The van der Waals surface area contributed by atoms with E-state index >= 15 is 0 Å². The number of hydrogen-bond donors (Lipinski definition) is 1. The Balaban J connectivity index is 1.26. The average Bonchev–Trinajstić information content (AvgIpc) is 3.30. The van der Waals surface area contributed by atoms with Crippen LogP contribution < -0.4 is 5.32 Å². The highest BCUT2D eigenvalue weighted by molar-refractivity contribution is 7.10. The quantitative estimate of drug-likeness (QED) is 0.736. The van der Waals surface area contributed by atoms with Crippen molar-refractivity contribution < 1.29 is 9.53 Å². The van der Waals surface area contributed by atoms with Gasteiger partial charge < -0.3 is 15.0 Å². The summed E-state index contributed by atoms with van der Waals surface area (Å²) in [6, 6.07) is 12.5. The topological polar surface area (TPSA) is 48.1 Å². The molecule has 1 unspecified atom stereocenters. The maximum absolute atomic E-state index is 12.8. The molecule has 30 heavy (non-hydrogen) atoms. The van der Waals surface area contributed by atoms with Crippen LogP contribution in [-0.4, -0.2) is 79.8 Å². The summed E-state index contributed by atoms with van der Waals surface area (Å²) in [5, 5.41) is 6.06. The van der Waals surface area contributed by atoms with E-state index in [1.807, 2.05) is 23.1 Å². The van der Waals surface area contributed by atoms with Gasteiger partial charge in [0.15, 0.2) is 0 Å². The van der Waals surface area contributed by atoms with E-state index in [1.165, 1.54) is 10.4 Å². The molecular formula is C22H29ClN4O2S. The van der Waals surface area contributed by atoms with E-state index in [4.69, 9.17) is 16.3 Å². The third-order valence-electron chi connectivity index (χ3n) is 5.76. The lowest BCUT2D eigenvalue weighted by Gasteiger charge is -2.36. The van der Waals surface area contributed by atoms with Gasteiger partial charge in [-0.25, -0.2) is 4.79 Å². The zero-order valence-electron chi connectivity index (χ0n) is 17.1. The predicted molar refractivity (Wildman–Crippen MR) is 121 cm³/mol. The van der Waals surface area contributed by atoms with Crippen molar-refractivity contribution in [2.75, 3.05) is 59.0 Å². The summed E-state index contributed by atoms with van der Waals surface area (Å²) >= 11 is 7.84. The number of halogens is 1. The van der Waals surface area contributed by atoms with Crippen LogP contribution in [0.3, 0.4) is 0 Å². The van der Waals surface area contributed by atoms with Crippen LogP contribution in [0.15, 0.2) is 41.8 Å². The van der Waals surface area contributed by atoms with Crippen LogP contribution in [-0.2, 0) is 11.3 Å². The van der Waals surface area contributed by atoms with Gasteiger partial charge in [-0.15, -0.1) is 11.3 Å². The summed E-state index contributed by atoms with van der Waals surface area (Å²) in [6.45, 7) is 8.04. The molecular weight excluding hydrogens is 420 g/mol. The zero-order valence-corrected chi connectivity index (χ0v) is 18.7. The second-order valence-electron chi connectivity index (χ2n) is 7.76. The van der Waals surface area contributed by atoms with Gasteiger partial charge in [0.1, 0.15) is 0 Å². The molecule has 0 aliphatic carbocycles. The highest BCUT2D eigenvalue weighted by Gasteiger charge is 2.26.